The van der Waals surface area contributed by atoms with Gasteiger partial charge >= 0.3 is 0 Å². The average molecular weight is 272 g/mol. The van der Waals surface area contributed by atoms with Crippen molar-refractivity contribution in [3.63, 3.8) is 0 Å². The molecule has 3 heteroatoms. The standard InChI is InChI=1S/C17H24N2O/c20-17(19-11-5-1-2-6-12-19)13-16-15-8-4-3-7-14(15)9-10-18-16/h3-4,7-8,16,18H,1-2,5-6,9-13H2. The van der Waals surface area contributed by atoms with Gasteiger partial charge in [0, 0.05) is 25.6 Å². The quantitative estimate of drug-likeness (QED) is 0.897. The molecular formula is C17H24N2O. The van der Waals surface area contributed by atoms with Crippen molar-refractivity contribution < 1.29 is 4.79 Å². The van der Waals surface area contributed by atoms with Crippen molar-refractivity contribution >= 4 is 5.91 Å². The van der Waals surface area contributed by atoms with Gasteiger partial charge in [-0.25, -0.2) is 0 Å². The smallest absolute Gasteiger partial charge is 0.224 e. The maximum Gasteiger partial charge on any atom is 0.224 e. The fourth-order valence-electron chi connectivity index (χ4n) is 3.40. The molecule has 1 unspecified atom stereocenters. The molecule has 1 fully saturated rings. The minimum absolute atomic E-state index is 0.204. The van der Waals surface area contributed by atoms with E-state index in [1.807, 2.05) is 0 Å². The van der Waals surface area contributed by atoms with E-state index in [1.54, 1.807) is 0 Å². The molecule has 0 spiro atoms. The molecule has 0 radical (unpaired) electrons. The van der Waals surface area contributed by atoms with Gasteiger partial charge in [0.15, 0.2) is 0 Å². The Morgan fingerprint density at radius 1 is 1.15 bits per heavy atom. The van der Waals surface area contributed by atoms with E-state index >= 15 is 0 Å². The molecule has 1 aromatic rings. The summed E-state index contributed by atoms with van der Waals surface area (Å²) >= 11 is 0. The highest BCUT2D eigenvalue weighted by Gasteiger charge is 2.24. The van der Waals surface area contributed by atoms with Gasteiger partial charge in [-0.2, -0.15) is 0 Å². The molecule has 0 saturated carbocycles. The van der Waals surface area contributed by atoms with E-state index in [0.29, 0.717) is 12.3 Å². The second kappa shape index (κ2) is 6.40. The van der Waals surface area contributed by atoms with Crippen LogP contribution < -0.4 is 5.32 Å². The van der Waals surface area contributed by atoms with Crippen LogP contribution >= 0.6 is 0 Å². The van der Waals surface area contributed by atoms with Gasteiger partial charge in [-0.3, -0.25) is 4.79 Å². The number of carbonyl (C=O) groups excluding carboxylic acids is 1. The van der Waals surface area contributed by atoms with Crippen LogP contribution in [0.5, 0.6) is 0 Å². The molecule has 1 aromatic carbocycles. The Bertz CT molecular complexity index is 464. The first-order chi connectivity index (χ1) is 9.84. The summed E-state index contributed by atoms with van der Waals surface area (Å²) in [5.41, 5.74) is 2.72. The molecule has 0 aliphatic carbocycles. The van der Waals surface area contributed by atoms with Gasteiger partial charge in [0.25, 0.3) is 0 Å². The average Bonchev–Trinajstić information content (AvgIpc) is 2.77. The van der Waals surface area contributed by atoms with Crippen molar-refractivity contribution in [3.8, 4) is 0 Å². The molecule has 1 atom stereocenters. The van der Waals surface area contributed by atoms with Crippen LogP contribution in [0.3, 0.4) is 0 Å². The topological polar surface area (TPSA) is 32.3 Å². The van der Waals surface area contributed by atoms with Gasteiger partial charge in [-0.15, -0.1) is 0 Å². The third kappa shape index (κ3) is 3.04. The lowest BCUT2D eigenvalue weighted by atomic mass is 9.92. The Morgan fingerprint density at radius 3 is 2.70 bits per heavy atom. The highest BCUT2D eigenvalue weighted by atomic mass is 16.2. The Labute approximate surface area is 121 Å². The van der Waals surface area contributed by atoms with Crippen molar-refractivity contribution in [2.45, 2.75) is 44.6 Å². The first-order valence-electron chi connectivity index (χ1n) is 7.93. The molecule has 108 valence electrons. The highest BCUT2D eigenvalue weighted by Crippen LogP contribution is 2.26. The normalized spacial score (nSPS) is 23.0. The Kier molecular flexibility index (Phi) is 4.36. The van der Waals surface area contributed by atoms with Gasteiger partial charge in [-0.1, -0.05) is 37.1 Å². The van der Waals surface area contributed by atoms with Crippen molar-refractivity contribution in [2.75, 3.05) is 19.6 Å². The molecule has 1 saturated heterocycles. The van der Waals surface area contributed by atoms with Crippen molar-refractivity contribution in [2.24, 2.45) is 0 Å². The molecule has 2 aliphatic heterocycles. The van der Waals surface area contributed by atoms with Crippen molar-refractivity contribution in [3.05, 3.63) is 35.4 Å². The fraction of sp³-hybridized carbons (Fsp3) is 0.588. The summed E-state index contributed by atoms with van der Waals surface area (Å²) in [6.45, 7) is 2.88. The monoisotopic (exact) mass is 272 g/mol. The summed E-state index contributed by atoms with van der Waals surface area (Å²) in [6.07, 6.45) is 6.56. The van der Waals surface area contributed by atoms with E-state index in [-0.39, 0.29) is 6.04 Å². The lowest BCUT2D eigenvalue weighted by molar-refractivity contribution is -0.131. The summed E-state index contributed by atoms with van der Waals surface area (Å²) in [6, 6.07) is 8.74. The molecule has 0 bridgehead atoms. The minimum Gasteiger partial charge on any atom is -0.343 e. The molecule has 2 aliphatic rings. The molecule has 3 nitrogen and oxygen atoms in total. The number of likely N-dealkylation sites (tertiary alicyclic amines) is 1. The number of hydrogen-bond acceptors (Lipinski definition) is 2. The Balaban J connectivity index is 1.67. The summed E-state index contributed by atoms with van der Waals surface area (Å²) in [5, 5.41) is 3.51. The summed E-state index contributed by atoms with van der Waals surface area (Å²) in [7, 11) is 0. The van der Waals surface area contributed by atoms with Crippen LogP contribution in [-0.2, 0) is 11.2 Å². The van der Waals surface area contributed by atoms with E-state index in [4.69, 9.17) is 0 Å². The molecular weight excluding hydrogens is 248 g/mol. The zero-order valence-electron chi connectivity index (χ0n) is 12.1. The SMILES string of the molecule is O=C(CC1NCCc2ccccc21)N1CCCCCC1. The van der Waals surface area contributed by atoms with E-state index in [2.05, 4.69) is 34.5 Å². The predicted octanol–water partition coefficient (Wildman–Crippen LogP) is 2.67. The maximum absolute atomic E-state index is 12.5. The summed E-state index contributed by atoms with van der Waals surface area (Å²) in [4.78, 5) is 14.6. The number of fused-ring (bicyclic) bond motifs is 1. The zero-order chi connectivity index (χ0) is 13.8. The van der Waals surface area contributed by atoms with Gasteiger partial charge in [0.05, 0.1) is 0 Å². The molecule has 0 aromatic heterocycles. The first-order valence-corrected chi connectivity index (χ1v) is 7.93. The molecule has 20 heavy (non-hydrogen) atoms. The van der Waals surface area contributed by atoms with E-state index < -0.39 is 0 Å². The van der Waals surface area contributed by atoms with E-state index in [1.165, 1.54) is 36.8 Å². The van der Waals surface area contributed by atoms with Gasteiger partial charge in [0.1, 0.15) is 0 Å². The third-order valence-electron chi connectivity index (χ3n) is 4.55. The van der Waals surface area contributed by atoms with Crippen molar-refractivity contribution in [1.82, 2.24) is 10.2 Å². The number of nitrogens with zero attached hydrogens (tertiary/aromatic N) is 1. The lowest BCUT2D eigenvalue weighted by Crippen LogP contribution is -2.37. The number of rotatable bonds is 2. The first kappa shape index (κ1) is 13.6. The second-order valence-electron chi connectivity index (χ2n) is 5.95. The van der Waals surface area contributed by atoms with Crippen LogP contribution in [0.15, 0.2) is 24.3 Å². The maximum atomic E-state index is 12.5. The van der Waals surface area contributed by atoms with Crippen LogP contribution in [0.4, 0.5) is 0 Å². The third-order valence-corrected chi connectivity index (χ3v) is 4.55. The Hall–Kier alpha value is -1.35. The summed E-state index contributed by atoms with van der Waals surface area (Å²) < 4.78 is 0. The van der Waals surface area contributed by atoms with Crippen molar-refractivity contribution in [1.29, 1.82) is 0 Å². The minimum atomic E-state index is 0.204. The zero-order valence-corrected chi connectivity index (χ0v) is 12.1. The Morgan fingerprint density at radius 2 is 1.90 bits per heavy atom. The number of benzene rings is 1. The number of hydrogen-bond donors (Lipinski definition) is 1. The number of amides is 1. The lowest BCUT2D eigenvalue weighted by Gasteiger charge is -2.29. The molecule has 1 N–H and O–H groups in total. The van der Waals surface area contributed by atoms with Crippen LogP contribution in [0, 0.1) is 0 Å². The second-order valence-corrected chi connectivity index (χ2v) is 5.95. The molecule has 1 amide bonds. The van der Waals surface area contributed by atoms with Crippen LogP contribution in [0.25, 0.3) is 0 Å². The van der Waals surface area contributed by atoms with Crippen LogP contribution in [-0.4, -0.2) is 30.4 Å². The molecule has 3 rings (SSSR count). The fourth-order valence-corrected chi connectivity index (χ4v) is 3.40. The number of carbonyl (C=O) groups is 1. The van der Waals surface area contributed by atoms with Gasteiger partial charge in [0.2, 0.25) is 5.91 Å². The highest BCUT2D eigenvalue weighted by molar-refractivity contribution is 5.77. The van der Waals surface area contributed by atoms with Gasteiger partial charge < -0.3 is 10.2 Å². The van der Waals surface area contributed by atoms with E-state index in [0.717, 1.165) is 26.1 Å². The largest absolute Gasteiger partial charge is 0.343 e. The van der Waals surface area contributed by atoms with E-state index in [9.17, 15) is 4.79 Å². The predicted molar refractivity (Wildman–Crippen MR) is 80.6 cm³/mol. The van der Waals surface area contributed by atoms with Gasteiger partial charge in [-0.05, 0) is 36.9 Å². The van der Waals surface area contributed by atoms with Crippen LogP contribution in [0.1, 0.15) is 49.3 Å². The van der Waals surface area contributed by atoms with Crippen LogP contribution in [0.2, 0.25) is 0 Å². The number of nitrogens with one attached hydrogen (secondary N) is 1. The molecule has 2 heterocycles. The summed E-state index contributed by atoms with van der Waals surface area (Å²) in [5.74, 6) is 0.320.